The number of hydrogen-bond acceptors (Lipinski definition) is 4. The molecule has 0 aliphatic carbocycles. The van der Waals surface area contributed by atoms with E-state index in [1.165, 1.54) is 5.56 Å². The van der Waals surface area contributed by atoms with Gasteiger partial charge in [0.25, 0.3) is 0 Å². The van der Waals surface area contributed by atoms with Gasteiger partial charge < -0.3 is 19.5 Å². The molecule has 0 amide bonds. The molecular weight excluding hydrogens is 266 g/mol. The number of likely N-dealkylation sites (N-methyl/N-ethyl adjacent to an activating group) is 1. The summed E-state index contributed by atoms with van der Waals surface area (Å²) in [7, 11) is 3.62. The molecule has 0 aliphatic heterocycles. The van der Waals surface area contributed by atoms with Gasteiger partial charge >= 0.3 is 0 Å². The molecule has 4 heteroatoms. The molecule has 0 aliphatic rings. The van der Waals surface area contributed by atoms with E-state index in [4.69, 9.17) is 14.2 Å². The molecule has 0 aromatic heterocycles. The van der Waals surface area contributed by atoms with Crippen molar-refractivity contribution in [3.63, 3.8) is 0 Å². The van der Waals surface area contributed by atoms with Crippen molar-refractivity contribution in [1.82, 2.24) is 5.32 Å². The Morgan fingerprint density at radius 1 is 1.05 bits per heavy atom. The largest absolute Gasteiger partial charge is 0.497 e. The first-order chi connectivity index (χ1) is 10.1. The normalized spacial score (nSPS) is 14.2. The van der Waals surface area contributed by atoms with Crippen LogP contribution in [0.4, 0.5) is 0 Å². The quantitative estimate of drug-likeness (QED) is 0.674. The third kappa shape index (κ3) is 6.46. The SMILES string of the molecule is CNC(c1ccc(OC)cc1)C(C)OCCOCC(C)C. The van der Waals surface area contributed by atoms with Crippen molar-refractivity contribution in [2.45, 2.75) is 32.9 Å². The fraction of sp³-hybridized carbons (Fsp3) is 0.647. The first-order valence-corrected chi connectivity index (χ1v) is 7.59. The molecule has 120 valence electrons. The number of nitrogens with one attached hydrogen (secondary N) is 1. The Morgan fingerprint density at radius 3 is 2.24 bits per heavy atom. The van der Waals surface area contributed by atoms with E-state index in [1.54, 1.807) is 7.11 Å². The first kappa shape index (κ1) is 18.0. The van der Waals surface area contributed by atoms with Crippen molar-refractivity contribution < 1.29 is 14.2 Å². The van der Waals surface area contributed by atoms with Gasteiger partial charge in [-0.05, 0) is 37.6 Å². The van der Waals surface area contributed by atoms with E-state index < -0.39 is 0 Å². The van der Waals surface area contributed by atoms with Crippen LogP contribution in [0.25, 0.3) is 0 Å². The number of benzene rings is 1. The molecule has 21 heavy (non-hydrogen) atoms. The Bertz CT molecular complexity index is 378. The zero-order chi connectivity index (χ0) is 15.7. The molecule has 1 N–H and O–H groups in total. The summed E-state index contributed by atoms with van der Waals surface area (Å²) in [5, 5.41) is 3.31. The van der Waals surface area contributed by atoms with Crippen molar-refractivity contribution in [3.8, 4) is 5.75 Å². The highest BCUT2D eigenvalue weighted by atomic mass is 16.5. The van der Waals surface area contributed by atoms with E-state index >= 15 is 0 Å². The maximum Gasteiger partial charge on any atom is 0.118 e. The lowest BCUT2D eigenvalue weighted by Gasteiger charge is -2.24. The smallest absolute Gasteiger partial charge is 0.118 e. The lowest BCUT2D eigenvalue weighted by Crippen LogP contribution is -2.30. The van der Waals surface area contributed by atoms with Crippen LogP contribution in [0.2, 0.25) is 0 Å². The number of rotatable bonds is 10. The second-order valence-corrected chi connectivity index (χ2v) is 5.58. The van der Waals surface area contributed by atoms with Gasteiger partial charge in [0.05, 0.1) is 32.5 Å². The summed E-state index contributed by atoms with van der Waals surface area (Å²) in [6.07, 6.45) is 0.0750. The number of ether oxygens (including phenoxy) is 3. The Hall–Kier alpha value is -1.10. The van der Waals surface area contributed by atoms with Crippen LogP contribution in [-0.4, -0.2) is 40.1 Å². The van der Waals surface area contributed by atoms with Crippen molar-refractivity contribution in [3.05, 3.63) is 29.8 Å². The summed E-state index contributed by atoms with van der Waals surface area (Å²) >= 11 is 0. The van der Waals surface area contributed by atoms with Crippen LogP contribution < -0.4 is 10.1 Å². The predicted octanol–water partition coefficient (Wildman–Crippen LogP) is 3.03. The fourth-order valence-electron chi connectivity index (χ4n) is 2.19. The van der Waals surface area contributed by atoms with Gasteiger partial charge in [0.1, 0.15) is 5.75 Å². The molecule has 0 saturated heterocycles. The molecule has 0 bridgehead atoms. The lowest BCUT2D eigenvalue weighted by atomic mass is 10.0. The molecule has 0 heterocycles. The van der Waals surface area contributed by atoms with E-state index in [9.17, 15) is 0 Å². The topological polar surface area (TPSA) is 39.7 Å². The molecule has 1 aromatic rings. The molecule has 0 fully saturated rings. The van der Waals surface area contributed by atoms with Crippen LogP contribution >= 0.6 is 0 Å². The minimum absolute atomic E-state index is 0.0750. The van der Waals surface area contributed by atoms with Crippen LogP contribution in [0, 0.1) is 5.92 Å². The maximum atomic E-state index is 5.87. The van der Waals surface area contributed by atoms with Crippen LogP contribution in [0.15, 0.2) is 24.3 Å². The van der Waals surface area contributed by atoms with Crippen molar-refractivity contribution in [2.24, 2.45) is 5.92 Å². The number of methoxy groups -OCH3 is 1. The molecule has 0 saturated carbocycles. The minimum atomic E-state index is 0.0750. The standard InChI is InChI=1S/C17H29NO3/c1-13(2)12-20-10-11-21-14(3)17(18-4)15-6-8-16(19-5)9-7-15/h6-9,13-14,17-18H,10-12H2,1-5H3. The van der Waals surface area contributed by atoms with Gasteiger partial charge in [-0.25, -0.2) is 0 Å². The van der Waals surface area contributed by atoms with E-state index in [2.05, 4.69) is 38.2 Å². The van der Waals surface area contributed by atoms with E-state index in [-0.39, 0.29) is 12.1 Å². The van der Waals surface area contributed by atoms with E-state index in [0.29, 0.717) is 19.1 Å². The highest BCUT2D eigenvalue weighted by Gasteiger charge is 2.18. The van der Waals surface area contributed by atoms with Crippen LogP contribution in [0.3, 0.4) is 0 Å². The fourth-order valence-corrected chi connectivity index (χ4v) is 2.19. The molecule has 2 atom stereocenters. The Balaban J connectivity index is 2.43. The molecule has 2 unspecified atom stereocenters. The Labute approximate surface area is 128 Å². The first-order valence-electron chi connectivity index (χ1n) is 7.59. The third-order valence-electron chi connectivity index (χ3n) is 3.31. The van der Waals surface area contributed by atoms with Gasteiger partial charge in [0.15, 0.2) is 0 Å². The molecule has 1 rings (SSSR count). The average Bonchev–Trinajstić information content (AvgIpc) is 2.48. The highest BCUT2D eigenvalue weighted by molar-refractivity contribution is 5.29. The molecule has 0 spiro atoms. The van der Waals surface area contributed by atoms with Crippen molar-refractivity contribution in [1.29, 1.82) is 0 Å². The zero-order valence-corrected chi connectivity index (χ0v) is 13.9. The van der Waals surface area contributed by atoms with Gasteiger partial charge in [0, 0.05) is 6.61 Å². The maximum absolute atomic E-state index is 5.87. The molecule has 0 radical (unpaired) electrons. The minimum Gasteiger partial charge on any atom is -0.497 e. The van der Waals surface area contributed by atoms with Crippen LogP contribution in [0.1, 0.15) is 32.4 Å². The van der Waals surface area contributed by atoms with Crippen molar-refractivity contribution >= 4 is 0 Å². The predicted molar refractivity (Wildman–Crippen MR) is 85.9 cm³/mol. The van der Waals surface area contributed by atoms with Gasteiger partial charge in [-0.15, -0.1) is 0 Å². The Morgan fingerprint density at radius 2 is 1.71 bits per heavy atom. The summed E-state index contributed by atoms with van der Waals surface area (Å²) in [6, 6.07) is 8.22. The zero-order valence-electron chi connectivity index (χ0n) is 13.9. The summed E-state index contributed by atoms with van der Waals surface area (Å²) < 4.78 is 16.6. The van der Waals surface area contributed by atoms with Crippen molar-refractivity contribution in [2.75, 3.05) is 34.0 Å². The Kier molecular flexibility index (Phi) is 8.35. The molecule has 4 nitrogen and oxygen atoms in total. The van der Waals surface area contributed by atoms with Gasteiger partial charge in [-0.1, -0.05) is 26.0 Å². The van der Waals surface area contributed by atoms with Crippen LogP contribution in [0.5, 0.6) is 5.75 Å². The summed E-state index contributed by atoms with van der Waals surface area (Å²) in [5.41, 5.74) is 1.19. The van der Waals surface area contributed by atoms with Crippen LogP contribution in [-0.2, 0) is 9.47 Å². The second kappa shape index (κ2) is 9.77. The van der Waals surface area contributed by atoms with Gasteiger partial charge in [0.2, 0.25) is 0 Å². The van der Waals surface area contributed by atoms with E-state index in [1.807, 2.05) is 19.2 Å². The second-order valence-electron chi connectivity index (χ2n) is 5.58. The van der Waals surface area contributed by atoms with E-state index in [0.717, 1.165) is 12.4 Å². The summed E-state index contributed by atoms with van der Waals surface area (Å²) in [4.78, 5) is 0. The lowest BCUT2D eigenvalue weighted by molar-refractivity contribution is -0.00730. The summed E-state index contributed by atoms with van der Waals surface area (Å²) in [5.74, 6) is 1.43. The molecular formula is C17H29NO3. The third-order valence-corrected chi connectivity index (χ3v) is 3.31. The highest BCUT2D eigenvalue weighted by Crippen LogP contribution is 2.21. The number of hydrogen-bond donors (Lipinski definition) is 1. The monoisotopic (exact) mass is 295 g/mol. The summed E-state index contributed by atoms with van der Waals surface area (Å²) in [6.45, 7) is 8.40. The molecule has 1 aromatic carbocycles. The van der Waals surface area contributed by atoms with Gasteiger partial charge in [-0.2, -0.15) is 0 Å². The van der Waals surface area contributed by atoms with Gasteiger partial charge in [-0.3, -0.25) is 0 Å². The average molecular weight is 295 g/mol.